The van der Waals surface area contributed by atoms with Crippen molar-refractivity contribution in [1.82, 2.24) is 10.3 Å². The van der Waals surface area contributed by atoms with Gasteiger partial charge in [0.05, 0.1) is 0 Å². The summed E-state index contributed by atoms with van der Waals surface area (Å²) in [7, 11) is 0. The minimum Gasteiger partial charge on any atom is -0.351 e. The Kier molecular flexibility index (Phi) is 5.32. The number of hydrogen-bond donors (Lipinski definition) is 2. The van der Waals surface area contributed by atoms with E-state index in [1.54, 1.807) is 48.8 Å². The van der Waals surface area contributed by atoms with Crippen LogP contribution in [0.4, 0.5) is 5.69 Å². The average molecular weight is 406 g/mol. The Labute approximate surface area is 174 Å². The normalized spacial score (nSPS) is 14.1. The SMILES string of the molecule is O=C(NCC1(c2ccc(Cl)cc2)CC1)c1ccc(NC(=O)c2ccncc2)cc1. The van der Waals surface area contributed by atoms with E-state index in [9.17, 15) is 9.59 Å². The molecule has 4 rings (SSSR count). The van der Waals surface area contributed by atoms with Crippen molar-refractivity contribution in [2.45, 2.75) is 18.3 Å². The van der Waals surface area contributed by atoms with Crippen LogP contribution in [-0.4, -0.2) is 23.3 Å². The summed E-state index contributed by atoms with van der Waals surface area (Å²) in [4.78, 5) is 28.6. The number of carbonyl (C=O) groups is 2. The molecule has 1 aromatic heterocycles. The zero-order valence-electron chi connectivity index (χ0n) is 15.7. The fourth-order valence-corrected chi connectivity index (χ4v) is 3.41. The van der Waals surface area contributed by atoms with Crippen molar-refractivity contribution in [3.8, 4) is 0 Å². The molecule has 5 nitrogen and oxygen atoms in total. The fourth-order valence-electron chi connectivity index (χ4n) is 3.28. The number of benzene rings is 2. The first-order valence-corrected chi connectivity index (χ1v) is 9.79. The molecule has 2 aromatic carbocycles. The smallest absolute Gasteiger partial charge is 0.255 e. The second-order valence-corrected chi connectivity index (χ2v) is 7.67. The predicted octanol–water partition coefficient (Wildman–Crippen LogP) is 4.45. The second kappa shape index (κ2) is 8.05. The molecule has 0 spiro atoms. The van der Waals surface area contributed by atoms with Crippen LogP contribution in [0.1, 0.15) is 39.1 Å². The van der Waals surface area contributed by atoms with Gasteiger partial charge in [0.2, 0.25) is 0 Å². The molecule has 3 aromatic rings. The molecule has 1 fully saturated rings. The van der Waals surface area contributed by atoms with E-state index < -0.39 is 0 Å². The predicted molar refractivity (Wildman–Crippen MR) is 113 cm³/mol. The molecule has 29 heavy (non-hydrogen) atoms. The van der Waals surface area contributed by atoms with E-state index in [-0.39, 0.29) is 17.2 Å². The number of carbonyl (C=O) groups excluding carboxylic acids is 2. The fraction of sp³-hybridized carbons (Fsp3) is 0.174. The first-order valence-electron chi connectivity index (χ1n) is 9.41. The van der Waals surface area contributed by atoms with Crippen LogP contribution in [0.25, 0.3) is 0 Å². The lowest BCUT2D eigenvalue weighted by molar-refractivity contribution is 0.0949. The zero-order chi connectivity index (χ0) is 20.3. The van der Waals surface area contributed by atoms with Crippen LogP contribution in [0.2, 0.25) is 5.02 Å². The van der Waals surface area contributed by atoms with Gasteiger partial charge in [-0.25, -0.2) is 0 Å². The first kappa shape index (κ1) is 19.2. The molecule has 0 aliphatic heterocycles. The van der Waals surface area contributed by atoms with Crippen molar-refractivity contribution < 1.29 is 9.59 Å². The maximum Gasteiger partial charge on any atom is 0.255 e. The van der Waals surface area contributed by atoms with Crippen LogP contribution in [0.5, 0.6) is 0 Å². The monoisotopic (exact) mass is 405 g/mol. The molecular formula is C23H20ClN3O2. The summed E-state index contributed by atoms with van der Waals surface area (Å²) in [5, 5.41) is 6.55. The van der Waals surface area contributed by atoms with Crippen molar-refractivity contribution in [3.63, 3.8) is 0 Å². The molecule has 0 bridgehead atoms. The molecule has 6 heteroatoms. The van der Waals surface area contributed by atoms with Crippen molar-refractivity contribution in [3.05, 3.63) is 94.8 Å². The van der Waals surface area contributed by atoms with Gasteiger partial charge >= 0.3 is 0 Å². The number of amides is 2. The molecule has 0 unspecified atom stereocenters. The lowest BCUT2D eigenvalue weighted by Gasteiger charge is -2.17. The van der Waals surface area contributed by atoms with Crippen molar-refractivity contribution >= 4 is 29.1 Å². The van der Waals surface area contributed by atoms with Gasteiger partial charge in [0.15, 0.2) is 0 Å². The highest BCUT2D eigenvalue weighted by Crippen LogP contribution is 2.47. The number of nitrogens with one attached hydrogen (secondary N) is 2. The van der Waals surface area contributed by atoms with Crippen LogP contribution < -0.4 is 10.6 Å². The number of pyridine rings is 1. The van der Waals surface area contributed by atoms with Crippen LogP contribution in [0.15, 0.2) is 73.1 Å². The van der Waals surface area contributed by atoms with Crippen molar-refractivity contribution in [2.24, 2.45) is 0 Å². The summed E-state index contributed by atoms with van der Waals surface area (Å²) in [6, 6.07) is 18.0. The van der Waals surface area contributed by atoms with Crippen molar-refractivity contribution in [1.29, 1.82) is 0 Å². The van der Waals surface area contributed by atoms with E-state index in [4.69, 9.17) is 11.6 Å². The number of rotatable bonds is 6. The summed E-state index contributed by atoms with van der Waals surface area (Å²) < 4.78 is 0. The van der Waals surface area contributed by atoms with Gasteiger partial charge in [0, 0.05) is 46.2 Å². The first-order chi connectivity index (χ1) is 14.1. The van der Waals surface area contributed by atoms with Gasteiger partial charge in [-0.15, -0.1) is 0 Å². The molecule has 1 aliphatic carbocycles. The summed E-state index contributed by atoms with van der Waals surface area (Å²) in [5.74, 6) is -0.347. The van der Waals surface area contributed by atoms with E-state index in [0.717, 1.165) is 12.8 Å². The van der Waals surface area contributed by atoms with Gasteiger partial charge in [0.25, 0.3) is 11.8 Å². The van der Waals surface area contributed by atoms with Crippen LogP contribution >= 0.6 is 11.6 Å². The van der Waals surface area contributed by atoms with Gasteiger partial charge in [0.1, 0.15) is 0 Å². The van der Waals surface area contributed by atoms with Crippen LogP contribution in [0, 0.1) is 0 Å². The third kappa shape index (κ3) is 4.46. The third-order valence-corrected chi connectivity index (χ3v) is 5.50. The third-order valence-electron chi connectivity index (χ3n) is 5.24. The number of aromatic nitrogens is 1. The van der Waals surface area contributed by atoms with Gasteiger partial charge in [-0.2, -0.15) is 0 Å². The van der Waals surface area contributed by atoms with Crippen LogP contribution in [-0.2, 0) is 5.41 Å². The standard InChI is InChI=1S/C23H20ClN3O2/c24-19-5-3-18(4-6-19)23(11-12-23)15-26-21(28)16-1-7-20(8-2-16)27-22(29)17-9-13-25-14-10-17/h1-10,13-14H,11-12,15H2,(H,26,28)(H,27,29). The molecule has 1 saturated carbocycles. The Morgan fingerprint density at radius 3 is 2.10 bits per heavy atom. The molecule has 1 aliphatic rings. The number of nitrogens with zero attached hydrogens (tertiary/aromatic N) is 1. The highest BCUT2D eigenvalue weighted by atomic mass is 35.5. The molecule has 0 saturated heterocycles. The van der Waals surface area contributed by atoms with E-state index in [1.165, 1.54) is 5.56 Å². The summed E-state index contributed by atoms with van der Waals surface area (Å²) in [6.07, 6.45) is 5.24. The van der Waals surface area contributed by atoms with E-state index in [0.29, 0.717) is 28.4 Å². The van der Waals surface area contributed by atoms with Gasteiger partial charge in [-0.05, 0) is 66.9 Å². The summed E-state index contributed by atoms with van der Waals surface area (Å²) in [6.45, 7) is 0.591. The molecule has 0 atom stereocenters. The van der Waals surface area contributed by atoms with Crippen molar-refractivity contribution in [2.75, 3.05) is 11.9 Å². The number of hydrogen-bond acceptors (Lipinski definition) is 3. The average Bonchev–Trinajstić information content (AvgIpc) is 3.55. The highest BCUT2D eigenvalue weighted by Gasteiger charge is 2.44. The molecule has 0 radical (unpaired) electrons. The number of halogens is 1. The minimum atomic E-state index is -0.219. The van der Waals surface area contributed by atoms with Gasteiger partial charge < -0.3 is 10.6 Å². The quantitative estimate of drug-likeness (QED) is 0.636. The maximum absolute atomic E-state index is 12.5. The Balaban J connectivity index is 1.35. The molecule has 146 valence electrons. The molecule has 2 N–H and O–H groups in total. The molecular weight excluding hydrogens is 386 g/mol. The zero-order valence-corrected chi connectivity index (χ0v) is 16.4. The Hall–Kier alpha value is -3.18. The topological polar surface area (TPSA) is 71.1 Å². The van der Waals surface area contributed by atoms with E-state index >= 15 is 0 Å². The number of anilines is 1. The summed E-state index contributed by atoms with van der Waals surface area (Å²) >= 11 is 5.97. The van der Waals surface area contributed by atoms with E-state index in [1.807, 2.05) is 24.3 Å². The van der Waals surface area contributed by atoms with Crippen LogP contribution in [0.3, 0.4) is 0 Å². The van der Waals surface area contributed by atoms with Gasteiger partial charge in [-0.3, -0.25) is 14.6 Å². The lowest BCUT2D eigenvalue weighted by Crippen LogP contribution is -2.32. The minimum absolute atomic E-state index is 0.0126. The molecule has 1 heterocycles. The summed E-state index contributed by atoms with van der Waals surface area (Å²) in [5.41, 5.74) is 2.93. The Bertz CT molecular complexity index is 1010. The van der Waals surface area contributed by atoms with Gasteiger partial charge in [-0.1, -0.05) is 23.7 Å². The highest BCUT2D eigenvalue weighted by molar-refractivity contribution is 6.30. The maximum atomic E-state index is 12.5. The Morgan fingerprint density at radius 1 is 0.862 bits per heavy atom. The Morgan fingerprint density at radius 2 is 1.48 bits per heavy atom. The second-order valence-electron chi connectivity index (χ2n) is 7.24. The van der Waals surface area contributed by atoms with E-state index in [2.05, 4.69) is 15.6 Å². The largest absolute Gasteiger partial charge is 0.351 e. The molecule has 2 amide bonds. The lowest BCUT2D eigenvalue weighted by atomic mass is 9.96.